The second kappa shape index (κ2) is 5.80. The van der Waals surface area contributed by atoms with E-state index in [0.29, 0.717) is 25.0 Å². The molecule has 2 saturated carbocycles. The zero-order chi connectivity index (χ0) is 16.3. The quantitative estimate of drug-likeness (QED) is 0.819. The lowest BCUT2D eigenvalue weighted by Gasteiger charge is -2.24. The van der Waals surface area contributed by atoms with Gasteiger partial charge in [-0.2, -0.15) is 0 Å². The first-order valence-electron chi connectivity index (χ1n) is 9.51. The first kappa shape index (κ1) is 15.3. The standard InChI is InChI=1S/C20H28N2O2/c23-11-19-15-7-21(8-16(15)19)5-13-3-1-2-4-14(13)6-22-9-17-18(10-22)20(17)12-24/h1-4,15-20,23-24H,5-12H2/t15-,16+,17-,18+,19?,20?. The highest BCUT2D eigenvalue weighted by atomic mass is 16.3. The van der Waals surface area contributed by atoms with Gasteiger partial charge in [0.15, 0.2) is 0 Å². The molecule has 4 heteroatoms. The SMILES string of the molecule is OCC1[C@H]2CN(Cc3ccccc3CN3C[C@@H]4C(CO)[C@@H]4C3)C[C@@H]12. The number of rotatable bonds is 6. The average Bonchev–Trinajstić information content (AvgIpc) is 3.29. The maximum atomic E-state index is 9.31. The Morgan fingerprint density at radius 3 is 1.42 bits per heavy atom. The summed E-state index contributed by atoms with van der Waals surface area (Å²) in [5.41, 5.74) is 2.94. The van der Waals surface area contributed by atoms with Gasteiger partial charge >= 0.3 is 0 Å². The van der Waals surface area contributed by atoms with Gasteiger partial charge in [0.05, 0.1) is 0 Å². The van der Waals surface area contributed by atoms with E-state index in [4.69, 9.17) is 0 Å². The number of aliphatic hydroxyl groups is 2. The Hall–Kier alpha value is -0.940. The van der Waals surface area contributed by atoms with Crippen molar-refractivity contribution >= 4 is 0 Å². The van der Waals surface area contributed by atoms with Gasteiger partial charge in [-0.1, -0.05) is 24.3 Å². The number of nitrogens with zero attached hydrogens (tertiary/aromatic N) is 2. The first-order chi connectivity index (χ1) is 11.8. The third-order valence-electron chi connectivity index (χ3n) is 7.22. The van der Waals surface area contributed by atoms with E-state index in [9.17, 15) is 10.2 Å². The van der Waals surface area contributed by atoms with E-state index in [-0.39, 0.29) is 0 Å². The molecule has 0 bridgehead atoms. The summed E-state index contributed by atoms with van der Waals surface area (Å²) >= 11 is 0. The highest BCUT2D eigenvalue weighted by Crippen LogP contribution is 2.52. The van der Waals surface area contributed by atoms with Crippen LogP contribution in [0.3, 0.4) is 0 Å². The average molecular weight is 328 g/mol. The van der Waals surface area contributed by atoms with Crippen molar-refractivity contribution in [3.8, 4) is 0 Å². The number of fused-ring (bicyclic) bond motifs is 2. The molecule has 2 unspecified atom stereocenters. The number of piperidine rings is 2. The predicted octanol–water partition coefficient (Wildman–Crippen LogP) is 1.03. The number of likely N-dealkylation sites (tertiary alicyclic amines) is 2. The number of aliphatic hydroxyl groups excluding tert-OH is 2. The minimum absolute atomic E-state index is 0.381. The van der Waals surface area contributed by atoms with Gasteiger partial charge in [-0.15, -0.1) is 0 Å². The molecule has 0 spiro atoms. The van der Waals surface area contributed by atoms with Crippen LogP contribution in [0.25, 0.3) is 0 Å². The van der Waals surface area contributed by atoms with Gasteiger partial charge in [0.1, 0.15) is 0 Å². The molecular formula is C20H28N2O2. The molecule has 1 aromatic rings. The molecule has 4 nitrogen and oxygen atoms in total. The molecule has 0 radical (unpaired) electrons. The molecule has 2 heterocycles. The third-order valence-corrected chi connectivity index (χ3v) is 7.22. The van der Waals surface area contributed by atoms with Crippen molar-refractivity contribution in [1.82, 2.24) is 9.80 Å². The zero-order valence-electron chi connectivity index (χ0n) is 14.2. The number of hydrogen-bond donors (Lipinski definition) is 2. The van der Waals surface area contributed by atoms with Crippen molar-refractivity contribution in [2.45, 2.75) is 13.1 Å². The molecule has 24 heavy (non-hydrogen) atoms. The first-order valence-corrected chi connectivity index (χ1v) is 9.51. The molecule has 4 fully saturated rings. The summed E-state index contributed by atoms with van der Waals surface area (Å²) in [6, 6.07) is 8.90. The Morgan fingerprint density at radius 1 is 0.708 bits per heavy atom. The third kappa shape index (κ3) is 2.51. The smallest absolute Gasteiger partial charge is 0.0465 e. The van der Waals surface area contributed by atoms with Gasteiger partial charge in [-0.25, -0.2) is 0 Å². The minimum atomic E-state index is 0.381. The summed E-state index contributed by atoms with van der Waals surface area (Å²) in [6.45, 7) is 7.53. The Labute approximate surface area is 144 Å². The lowest BCUT2D eigenvalue weighted by Crippen LogP contribution is -2.28. The van der Waals surface area contributed by atoms with Crippen LogP contribution < -0.4 is 0 Å². The Bertz CT molecular complexity index is 544. The van der Waals surface area contributed by atoms with Crippen LogP contribution in [-0.2, 0) is 13.1 Å². The van der Waals surface area contributed by atoms with Crippen LogP contribution in [0.4, 0.5) is 0 Å². The van der Waals surface area contributed by atoms with Crippen molar-refractivity contribution in [2.75, 3.05) is 39.4 Å². The van der Waals surface area contributed by atoms with Crippen molar-refractivity contribution in [1.29, 1.82) is 0 Å². The van der Waals surface area contributed by atoms with E-state index in [1.54, 1.807) is 0 Å². The summed E-state index contributed by atoms with van der Waals surface area (Å²) in [6.07, 6.45) is 0. The molecule has 6 atom stereocenters. The molecule has 2 saturated heterocycles. The highest BCUT2D eigenvalue weighted by Gasteiger charge is 2.55. The summed E-state index contributed by atoms with van der Waals surface area (Å²) in [7, 11) is 0. The summed E-state index contributed by atoms with van der Waals surface area (Å²) in [5.74, 6) is 4.19. The Kier molecular flexibility index (Phi) is 3.71. The fourth-order valence-electron chi connectivity index (χ4n) is 5.62. The van der Waals surface area contributed by atoms with Crippen LogP contribution in [0, 0.1) is 35.5 Å². The van der Waals surface area contributed by atoms with Gasteiger partial charge in [-0.3, -0.25) is 9.80 Å². The van der Waals surface area contributed by atoms with Crippen LogP contribution >= 0.6 is 0 Å². The van der Waals surface area contributed by atoms with E-state index in [2.05, 4.69) is 34.1 Å². The second-order valence-corrected chi connectivity index (χ2v) is 8.51. The molecule has 2 aliphatic heterocycles. The van der Waals surface area contributed by atoms with E-state index in [1.165, 1.54) is 11.1 Å². The van der Waals surface area contributed by atoms with Crippen molar-refractivity contribution in [3.63, 3.8) is 0 Å². The van der Waals surface area contributed by atoms with E-state index >= 15 is 0 Å². The number of hydrogen-bond acceptors (Lipinski definition) is 4. The zero-order valence-corrected chi connectivity index (χ0v) is 14.2. The van der Waals surface area contributed by atoms with Crippen LogP contribution in [0.5, 0.6) is 0 Å². The molecule has 4 aliphatic rings. The molecular weight excluding hydrogens is 300 g/mol. The van der Waals surface area contributed by atoms with Gasteiger partial charge in [0, 0.05) is 52.5 Å². The van der Waals surface area contributed by atoms with Gasteiger partial charge in [-0.05, 0) is 46.6 Å². The fraction of sp³-hybridized carbons (Fsp3) is 0.700. The van der Waals surface area contributed by atoms with Gasteiger partial charge in [0.25, 0.3) is 0 Å². The van der Waals surface area contributed by atoms with Gasteiger partial charge in [0.2, 0.25) is 0 Å². The van der Waals surface area contributed by atoms with Crippen molar-refractivity contribution in [3.05, 3.63) is 35.4 Å². The Balaban J connectivity index is 1.20. The summed E-state index contributed by atoms with van der Waals surface area (Å²) < 4.78 is 0. The second-order valence-electron chi connectivity index (χ2n) is 8.51. The maximum Gasteiger partial charge on any atom is 0.0465 e. The highest BCUT2D eigenvalue weighted by molar-refractivity contribution is 5.28. The van der Waals surface area contributed by atoms with Crippen LogP contribution in [0.2, 0.25) is 0 Å². The molecule has 0 amide bonds. The number of benzene rings is 1. The predicted molar refractivity (Wildman–Crippen MR) is 92.1 cm³/mol. The lowest BCUT2D eigenvalue weighted by molar-refractivity contribution is 0.212. The van der Waals surface area contributed by atoms with Crippen LogP contribution in [-0.4, -0.2) is 59.4 Å². The van der Waals surface area contributed by atoms with E-state index < -0.39 is 0 Å². The minimum Gasteiger partial charge on any atom is -0.396 e. The lowest BCUT2D eigenvalue weighted by atomic mass is 10.1. The normalized spacial score (nSPS) is 40.6. The fourth-order valence-corrected chi connectivity index (χ4v) is 5.62. The Morgan fingerprint density at radius 2 is 1.08 bits per heavy atom. The molecule has 5 rings (SSSR count). The molecule has 0 aromatic heterocycles. The van der Waals surface area contributed by atoms with Crippen LogP contribution in [0.1, 0.15) is 11.1 Å². The summed E-state index contributed by atoms with van der Waals surface area (Å²) in [4.78, 5) is 5.15. The van der Waals surface area contributed by atoms with E-state index in [0.717, 1.165) is 62.9 Å². The van der Waals surface area contributed by atoms with Crippen molar-refractivity contribution < 1.29 is 10.2 Å². The monoisotopic (exact) mass is 328 g/mol. The maximum absolute atomic E-state index is 9.31. The van der Waals surface area contributed by atoms with Crippen molar-refractivity contribution in [2.24, 2.45) is 35.5 Å². The van der Waals surface area contributed by atoms with E-state index in [1.807, 2.05) is 0 Å². The molecule has 130 valence electrons. The van der Waals surface area contributed by atoms with Gasteiger partial charge < -0.3 is 10.2 Å². The molecule has 1 aromatic carbocycles. The molecule has 2 aliphatic carbocycles. The largest absolute Gasteiger partial charge is 0.396 e. The summed E-state index contributed by atoms with van der Waals surface area (Å²) in [5, 5.41) is 18.6. The molecule has 2 N–H and O–H groups in total. The van der Waals surface area contributed by atoms with Crippen LogP contribution in [0.15, 0.2) is 24.3 Å². The topological polar surface area (TPSA) is 46.9 Å².